The van der Waals surface area contributed by atoms with Crippen LogP contribution in [0.4, 0.5) is 0 Å². The van der Waals surface area contributed by atoms with Crippen molar-refractivity contribution in [2.75, 3.05) is 13.2 Å². The number of aryl methyl sites for hydroxylation is 1. The van der Waals surface area contributed by atoms with Gasteiger partial charge in [0, 0.05) is 0 Å². The van der Waals surface area contributed by atoms with Crippen LogP contribution in [-0.2, 0) is 11.2 Å². The molecule has 0 atom stereocenters. The number of benzene rings is 1. The second-order valence-electron chi connectivity index (χ2n) is 3.70. The average molecular weight is 178 g/mol. The summed E-state index contributed by atoms with van der Waals surface area (Å²) >= 11 is 0. The van der Waals surface area contributed by atoms with Crippen molar-refractivity contribution in [3.63, 3.8) is 0 Å². The summed E-state index contributed by atoms with van der Waals surface area (Å²) in [7, 11) is 0. The zero-order valence-electron chi connectivity index (χ0n) is 7.57. The Labute approximate surface area is 78.2 Å². The molecule has 0 aliphatic carbocycles. The molecule has 1 N–H and O–H groups in total. The van der Waals surface area contributed by atoms with Crippen LogP contribution < -0.4 is 0 Å². The van der Waals surface area contributed by atoms with Crippen LogP contribution in [0.5, 0.6) is 0 Å². The Morgan fingerprint density at radius 1 is 1.23 bits per heavy atom. The van der Waals surface area contributed by atoms with Crippen molar-refractivity contribution in [2.24, 2.45) is 0 Å². The lowest BCUT2D eigenvalue weighted by Gasteiger charge is -2.36. The summed E-state index contributed by atoms with van der Waals surface area (Å²) in [5.41, 5.74) is 0.735. The molecule has 1 fully saturated rings. The minimum atomic E-state index is -0.546. The molecule has 0 unspecified atom stereocenters. The maximum absolute atomic E-state index is 9.75. The van der Waals surface area contributed by atoms with Crippen molar-refractivity contribution in [2.45, 2.75) is 18.4 Å². The van der Waals surface area contributed by atoms with Gasteiger partial charge >= 0.3 is 0 Å². The lowest BCUT2D eigenvalue weighted by Crippen LogP contribution is -2.49. The zero-order chi connectivity index (χ0) is 9.15. The van der Waals surface area contributed by atoms with Gasteiger partial charge in [0.1, 0.15) is 5.60 Å². The predicted octanol–water partition coefficient (Wildman–Crippen LogP) is 1.38. The summed E-state index contributed by atoms with van der Waals surface area (Å²) < 4.78 is 4.98. The van der Waals surface area contributed by atoms with Crippen LogP contribution in [0.1, 0.15) is 12.0 Å². The number of ether oxygens (including phenoxy) is 1. The van der Waals surface area contributed by atoms with Crippen LogP contribution in [0.15, 0.2) is 30.3 Å². The van der Waals surface area contributed by atoms with E-state index in [4.69, 9.17) is 4.74 Å². The second-order valence-corrected chi connectivity index (χ2v) is 3.70. The van der Waals surface area contributed by atoms with Crippen LogP contribution >= 0.6 is 0 Å². The highest BCUT2D eigenvalue weighted by Crippen LogP contribution is 2.22. The quantitative estimate of drug-likeness (QED) is 0.757. The molecule has 1 saturated heterocycles. The van der Waals surface area contributed by atoms with Gasteiger partial charge in [-0.2, -0.15) is 0 Å². The van der Waals surface area contributed by atoms with Crippen molar-refractivity contribution in [3.05, 3.63) is 35.9 Å². The Morgan fingerprint density at radius 2 is 1.92 bits per heavy atom. The first kappa shape index (κ1) is 8.73. The van der Waals surface area contributed by atoms with Gasteiger partial charge in [0.25, 0.3) is 0 Å². The monoisotopic (exact) mass is 178 g/mol. The maximum atomic E-state index is 9.75. The Morgan fingerprint density at radius 3 is 2.46 bits per heavy atom. The van der Waals surface area contributed by atoms with Gasteiger partial charge in [-0.25, -0.2) is 0 Å². The number of hydrogen-bond donors (Lipinski definition) is 1. The van der Waals surface area contributed by atoms with E-state index in [1.165, 1.54) is 5.56 Å². The molecule has 0 bridgehead atoms. The smallest absolute Gasteiger partial charge is 0.111 e. The molecule has 70 valence electrons. The molecule has 1 aromatic carbocycles. The molecule has 0 radical (unpaired) electrons. The normalized spacial score (nSPS) is 19.5. The van der Waals surface area contributed by atoms with Crippen molar-refractivity contribution in [1.82, 2.24) is 0 Å². The van der Waals surface area contributed by atoms with Gasteiger partial charge in [-0.15, -0.1) is 0 Å². The van der Waals surface area contributed by atoms with Gasteiger partial charge in [-0.05, 0) is 18.4 Å². The molecule has 0 amide bonds. The molecule has 13 heavy (non-hydrogen) atoms. The predicted molar refractivity (Wildman–Crippen MR) is 50.5 cm³/mol. The molecule has 2 rings (SSSR count). The lowest BCUT2D eigenvalue weighted by atomic mass is 9.93. The third-order valence-electron chi connectivity index (χ3n) is 2.46. The summed E-state index contributed by atoms with van der Waals surface area (Å²) in [5.74, 6) is 0. The van der Waals surface area contributed by atoms with E-state index in [0.717, 1.165) is 12.8 Å². The standard InChI is InChI=1S/C11H14O2/c12-11(8-13-9-11)7-6-10-4-2-1-3-5-10/h1-5,12H,6-9H2. The van der Waals surface area contributed by atoms with Gasteiger partial charge in [0.2, 0.25) is 0 Å². The van der Waals surface area contributed by atoms with Gasteiger partial charge < -0.3 is 9.84 Å². The lowest BCUT2D eigenvalue weighted by molar-refractivity contribution is -0.180. The fourth-order valence-corrected chi connectivity index (χ4v) is 1.50. The molecule has 1 heterocycles. The second kappa shape index (κ2) is 3.48. The van der Waals surface area contributed by atoms with Crippen molar-refractivity contribution in [1.29, 1.82) is 0 Å². The van der Waals surface area contributed by atoms with Crippen molar-refractivity contribution < 1.29 is 9.84 Å². The fraction of sp³-hybridized carbons (Fsp3) is 0.455. The summed E-state index contributed by atoms with van der Waals surface area (Å²) in [5, 5.41) is 9.75. The van der Waals surface area contributed by atoms with Crippen LogP contribution in [0.25, 0.3) is 0 Å². The Bertz CT molecular complexity index is 265. The molecule has 1 aromatic rings. The Kier molecular flexibility index (Phi) is 2.34. The minimum Gasteiger partial charge on any atom is -0.385 e. The number of aliphatic hydroxyl groups is 1. The van der Waals surface area contributed by atoms with Crippen molar-refractivity contribution >= 4 is 0 Å². The number of rotatable bonds is 3. The van der Waals surface area contributed by atoms with Gasteiger partial charge in [-0.1, -0.05) is 30.3 Å². The summed E-state index contributed by atoms with van der Waals surface area (Å²) in [6.45, 7) is 1.000. The van der Waals surface area contributed by atoms with E-state index in [1.54, 1.807) is 0 Å². The largest absolute Gasteiger partial charge is 0.385 e. The highest BCUT2D eigenvalue weighted by molar-refractivity contribution is 5.15. The highest BCUT2D eigenvalue weighted by atomic mass is 16.5. The molecule has 1 aliphatic rings. The molecule has 0 aromatic heterocycles. The van der Waals surface area contributed by atoms with Gasteiger partial charge in [0.15, 0.2) is 0 Å². The first-order valence-corrected chi connectivity index (χ1v) is 4.63. The van der Waals surface area contributed by atoms with Gasteiger partial charge in [-0.3, -0.25) is 0 Å². The maximum Gasteiger partial charge on any atom is 0.111 e. The summed E-state index contributed by atoms with van der Waals surface area (Å²) in [6, 6.07) is 10.2. The van der Waals surface area contributed by atoms with E-state index in [0.29, 0.717) is 13.2 Å². The van der Waals surface area contributed by atoms with Crippen molar-refractivity contribution in [3.8, 4) is 0 Å². The first-order valence-electron chi connectivity index (χ1n) is 4.63. The minimum absolute atomic E-state index is 0.500. The number of hydrogen-bond acceptors (Lipinski definition) is 2. The molecule has 2 heteroatoms. The molecule has 1 aliphatic heterocycles. The Balaban J connectivity index is 1.86. The third-order valence-corrected chi connectivity index (χ3v) is 2.46. The van der Waals surface area contributed by atoms with Crippen LogP contribution in [-0.4, -0.2) is 23.9 Å². The van der Waals surface area contributed by atoms with E-state index in [2.05, 4.69) is 12.1 Å². The molecular formula is C11H14O2. The van der Waals surface area contributed by atoms with Crippen LogP contribution in [0.2, 0.25) is 0 Å². The fourth-order valence-electron chi connectivity index (χ4n) is 1.50. The van der Waals surface area contributed by atoms with Crippen LogP contribution in [0, 0.1) is 0 Å². The van der Waals surface area contributed by atoms with Crippen LogP contribution in [0.3, 0.4) is 0 Å². The summed E-state index contributed by atoms with van der Waals surface area (Å²) in [6.07, 6.45) is 1.73. The topological polar surface area (TPSA) is 29.5 Å². The molecule has 0 spiro atoms. The third kappa shape index (κ3) is 2.08. The average Bonchev–Trinajstić information content (AvgIpc) is 2.13. The van der Waals surface area contributed by atoms with E-state index >= 15 is 0 Å². The molecule has 2 nitrogen and oxygen atoms in total. The Hall–Kier alpha value is -0.860. The van der Waals surface area contributed by atoms with E-state index in [9.17, 15) is 5.11 Å². The van der Waals surface area contributed by atoms with E-state index in [-0.39, 0.29) is 0 Å². The SMILES string of the molecule is OC1(CCc2ccccc2)COC1. The molecule has 0 saturated carbocycles. The van der Waals surface area contributed by atoms with E-state index < -0.39 is 5.60 Å². The summed E-state index contributed by atoms with van der Waals surface area (Å²) in [4.78, 5) is 0. The first-order chi connectivity index (χ1) is 6.29. The zero-order valence-corrected chi connectivity index (χ0v) is 7.57. The molecular weight excluding hydrogens is 164 g/mol. The van der Waals surface area contributed by atoms with E-state index in [1.807, 2.05) is 18.2 Å². The van der Waals surface area contributed by atoms with Gasteiger partial charge in [0.05, 0.1) is 13.2 Å². The highest BCUT2D eigenvalue weighted by Gasteiger charge is 2.35.